The summed E-state index contributed by atoms with van der Waals surface area (Å²) in [7, 11) is 0. The van der Waals surface area contributed by atoms with Crippen LogP contribution >= 0.6 is 0 Å². The first-order chi connectivity index (χ1) is 9.04. The van der Waals surface area contributed by atoms with Crippen LogP contribution in [-0.4, -0.2) is 25.4 Å². The zero-order valence-corrected chi connectivity index (χ0v) is 10.0. The summed E-state index contributed by atoms with van der Waals surface area (Å²) in [5, 5.41) is 4.84. The predicted octanol–water partition coefficient (Wildman–Crippen LogP) is 0.899. The van der Waals surface area contributed by atoms with Crippen molar-refractivity contribution in [3.05, 3.63) is 35.1 Å². The van der Waals surface area contributed by atoms with Crippen molar-refractivity contribution in [1.82, 2.24) is 10.6 Å². The molecule has 0 aromatic heterocycles. The highest BCUT2D eigenvalue weighted by molar-refractivity contribution is 5.78. The molecule has 4 nitrogen and oxygen atoms in total. The Labute approximate surface area is 108 Å². The molecule has 0 spiro atoms. The first-order valence-electron chi connectivity index (χ1n) is 5.61. The largest absolute Gasteiger partial charge is 0.359 e. The highest BCUT2D eigenvalue weighted by Crippen LogP contribution is 2.15. The maximum absolute atomic E-state index is 13.3. The van der Waals surface area contributed by atoms with Crippen LogP contribution in [0.25, 0.3) is 0 Å². The molecule has 0 saturated heterocycles. The molecule has 104 valence electrons. The van der Waals surface area contributed by atoms with Crippen LogP contribution in [0.2, 0.25) is 0 Å². The van der Waals surface area contributed by atoms with Gasteiger partial charge in [0.25, 0.3) is 0 Å². The molecular formula is C12H13F3N2O2. The van der Waals surface area contributed by atoms with E-state index < -0.39 is 35.3 Å². The van der Waals surface area contributed by atoms with Crippen molar-refractivity contribution < 1.29 is 22.8 Å². The highest BCUT2D eigenvalue weighted by Gasteiger charge is 2.14. The lowest BCUT2D eigenvalue weighted by molar-refractivity contribution is -0.120. The molecule has 7 heteroatoms. The molecule has 0 aliphatic rings. The van der Waals surface area contributed by atoms with Gasteiger partial charge in [0.15, 0.2) is 0 Å². The lowest BCUT2D eigenvalue weighted by Crippen LogP contribution is -2.28. The molecule has 0 atom stereocenters. The summed E-state index contributed by atoms with van der Waals surface area (Å²) in [6, 6.07) is 1.05. The minimum atomic E-state index is -1.09. The van der Waals surface area contributed by atoms with Gasteiger partial charge in [-0.3, -0.25) is 9.59 Å². The topological polar surface area (TPSA) is 58.2 Å². The van der Waals surface area contributed by atoms with Crippen LogP contribution in [0.5, 0.6) is 0 Å². The van der Waals surface area contributed by atoms with Crippen molar-refractivity contribution in [1.29, 1.82) is 0 Å². The fourth-order valence-corrected chi connectivity index (χ4v) is 1.44. The Morgan fingerprint density at radius 2 is 1.79 bits per heavy atom. The number of rotatable bonds is 7. The Bertz CT molecular complexity index is 443. The fraction of sp³-hybridized carbons (Fsp3) is 0.333. The van der Waals surface area contributed by atoms with Gasteiger partial charge in [0.05, 0.1) is 6.42 Å². The minimum absolute atomic E-state index is 0.268. The van der Waals surface area contributed by atoms with E-state index >= 15 is 0 Å². The van der Waals surface area contributed by atoms with Crippen LogP contribution in [0.1, 0.15) is 12.0 Å². The Morgan fingerprint density at radius 1 is 1.16 bits per heavy atom. The normalized spacial score (nSPS) is 10.1. The number of amides is 2. The van der Waals surface area contributed by atoms with Crippen LogP contribution in [0, 0.1) is 17.5 Å². The number of nitrogens with one attached hydrogen (secondary N) is 2. The number of halogens is 3. The quantitative estimate of drug-likeness (QED) is 0.573. The fourth-order valence-electron chi connectivity index (χ4n) is 1.44. The molecule has 2 N–H and O–H groups in total. The second-order valence-corrected chi connectivity index (χ2v) is 3.80. The summed E-state index contributed by atoms with van der Waals surface area (Å²) in [5.41, 5.74) is -0.468. The van der Waals surface area contributed by atoms with E-state index in [1.54, 1.807) is 0 Å². The lowest BCUT2D eigenvalue weighted by Gasteiger charge is -2.07. The summed E-state index contributed by atoms with van der Waals surface area (Å²) in [4.78, 5) is 21.3. The molecule has 0 radical (unpaired) electrons. The number of carbonyl (C=O) groups is 2. The van der Waals surface area contributed by atoms with E-state index in [0.29, 0.717) is 31.5 Å². The number of hydrogen-bond acceptors (Lipinski definition) is 2. The molecule has 19 heavy (non-hydrogen) atoms. The first-order valence-corrected chi connectivity index (χ1v) is 5.61. The Hall–Kier alpha value is -2.05. The summed E-state index contributed by atoms with van der Waals surface area (Å²) >= 11 is 0. The van der Waals surface area contributed by atoms with E-state index in [1.165, 1.54) is 0 Å². The van der Waals surface area contributed by atoms with Gasteiger partial charge in [-0.25, -0.2) is 13.2 Å². The zero-order valence-electron chi connectivity index (χ0n) is 10.0. The SMILES string of the molecule is O=CNCCCNC(=O)Cc1c(F)cc(F)cc1F. The Kier molecular flexibility index (Phi) is 5.84. The van der Waals surface area contributed by atoms with E-state index in [1.807, 2.05) is 0 Å². The third-order valence-corrected chi connectivity index (χ3v) is 2.35. The van der Waals surface area contributed by atoms with Crippen molar-refractivity contribution in [3.8, 4) is 0 Å². The third kappa shape index (κ3) is 4.99. The molecule has 1 rings (SSSR count). The molecule has 2 amide bonds. The molecule has 0 unspecified atom stereocenters. The predicted molar refractivity (Wildman–Crippen MR) is 61.7 cm³/mol. The Morgan fingerprint density at radius 3 is 2.37 bits per heavy atom. The molecule has 0 fully saturated rings. The van der Waals surface area contributed by atoms with E-state index in [4.69, 9.17) is 0 Å². The number of carbonyl (C=O) groups excluding carboxylic acids is 2. The smallest absolute Gasteiger partial charge is 0.224 e. The molecular weight excluding hydrogens is 261 g/mol. The van der Waals surface area contributed by atoms with Gasteiger partial charge < -0.3 is 10.6 Å². The third-order valence-electron chi connectivity index (χ3n) is 2.35. The van der Waals surface area contributed by atoms with Gasteiger partial charge in [-0.1, -0.05) is 0 Å². The van der Waals surface area contributed by atoms with Gasteiger partial charge in [0.1, 0.15) is 17.5 Å². The summed E-state index contributed by atoms with van der Waals surface area (Å²) in [6.45, 7) is 0.660. The molecule has 0 aliphatic carbocycles. The van der Waals surface area contributed by atoms with Crippen molar-refractivity contribution in [2.24, 2.45) is 0 Å². The average Bonchev–Trinajstić information content (AvgIpc) is 2.33. The van der Waals surface area contributed by atoms with E-state index in [9.17, 15) is 22.8 Å². The zero-order chi connectivity index (χ0) is 14.3. The van der Waals surface area contributed by atoms with Crippen molar-refractivity contribution in [3.63, 3.8) is 0 Å². The van der Waals surface area contributed by atoms with Gasteiger partial charge in [-0.2, -0.15) is 0 Å². The van der Waals surface area contributed by atoms with E-state index in [2.05, 4.69) is 10.6 Å². The molecule has 1 aromatic carbocycles. The van der Waals surface area contributed by atoms with E-state index in [0.717, 1.165) is 0 Å². The maximum atomic E-state index is 13.3. The number of hydrogen-bond donors (Lipinski definition) is 2. The van der Waals surface area contributed by atoms with Gasteiger partial charge in [0.2, 0.25) is 12.3 Å². The average molecular weight is 274 g/mol. The van der Waals surface area contributed by atoms with Crippen molar-refractivity contribution in [2.75, 3.05) is 13.1 Å². The van der Waals surface area contributed by atoms with Gasteiger partial charge >= 0.3 is 0 Å². The van der Waals surface area contributed by atoms with Crippen LogP contribution in [0.15, 0.2) is 12.1 Å². The highest BCUT2D eigenvalue weighted by atomic mass is 19.1. The van der Waals surface area contributed by atoms with Crippen molar-refractivity contribution in [2.45, 2.75) is 12.8 Å². The van der Waals surface area contributed by atoms with Gasteiger partial charge in [-0.05, 0) is 6.42 Å². The molecule has 0 heterocycles. The van der Waals surface area contributed by atoms with Gasteiger partial charge in [0, 0.05) is 30.8 Å². The number of benzene rings is 1. The standard InChI is InChI=1S/C12H13F3N2O2/c13-8-4-10(14)9(11(15)5-8)6-12(19)17-3-1-2-16-7-18/h4-5,7H,1-3,6H2,(H,16,18)(H,17,19). The Balaban J connectivity index is 2.46. The first kappa shape index (κ1) is 15.0. The molecule has 1 aromatic rings. The van der Waals surface area contributed by atoms with Crippen LogP contribution < -0.4 is 10.6 Å². The van der Waals surface area contributed by atoms with E-state index in [-0.39, 0.29) is 6.54 Å². The van der Waals surface area contributed by atoms with Crippen molar-refractivity contribution >= 4 is 12.3 Å². The molecule has 0 aliphatic heterocycles. The minimum Gasteiger partial charge on any atom is -0.359 e. The second-order valence-electron chi connectivity index (χ2n) is 3.80. The molecule has 0 saturated carbocycles. The van der Waals surface area contributed by atoms with Gasteiger partial charge in [-0.15, -0.1) is 0 Å². The van der Waals surface area contributed by atoms with Crippen LogP contribution in [-0.2, 0) is 16.0 Å². The summed E-state index contributed by atoms with van der Waals surface area (Å²) < 4.78 is 39.2. The maximum Gasteiger partial charge on any atom is 0.224 e. The van der Waals surface area contributed by atoms with Crippen LogP contribution in [0.4, 0.5) is 13.2 Å². The lowest BCUT2D eigenvalue weighted by atomic mass is 10.1. The summed E-state index contributed by atoms with van der Waals surface area (Å²) in [6.07, 6.45) is 0.531. The summed E-state index contributed by atoms with van der Waals surface area (Å²) in [5.74, 6) is -3.78. The van der Waals surface area contributed by atoms with Crippen LogP contribution in [0.3, 0.4) is 0 Å². The second kappa shape index (κ2) is 7.40. The monoisotopic (exact) mass is 274 g/mol. The molecule has 0 bridgehead atoms.